The molecule has 1 fully saturated rings. The highest BCUT2D eigenvalue weighted by Crippen LogP contribution is 2.25. The van der Waals surface area contributed by atoms with E-state index in [-0.39, 0.29) is 12.0 Å². The van der Waals surface area contributed by atoms with Crippen LogP contribution in [0.25, 0.3) is 0 Å². The van der Waals surface area contributed by atoms with Gasteiger partial charge in [-0.1, -0.05) is 6.07 Å². The van der Waals surface area contributed by atoms with Crippen molar-refractivity contribution in [1.29, 1.82) is 0 Å². The van der Waals surface area contributed by atoms with Crippen molar-refractivity contribution in [3.63, 3.8) is 0 Å². The van der Waals surface area contributed by atoms with E-state index in [9.17, 15) is 4.79 Å². The van der Waals surface area contributed by atoms with Gasteiger partial charge in [0.15, 0.2) is 0 Å². The Balaban J connectivity index is 2.10. The smallest absolute Gasteiger partial charge is 0.332 e. The summed E-state index contributed by atoms with van der Waals surface area (Å²) in [5.74, 6) is -0.306. The molecule has 0 spiro atoms. The lowest BCUT2D eigenvalue weighted by atomic mass is 10.1. The summed E-state index contributed by atoms with van der Waals surface area (Å²) in [6, 6.07) is 4.44. The summed E-state index contributed by atoms with van der Waals surface area (Å²) in [7, 11) is 1.39. The zero-order valence-electron chi connectivity index (χ0n) is 9.73. The number of hydrogen-bond donors (Lipinski definition) is 2. The number of nitrogens with one attached hydrogen (secondary N) is 2. The molecule has 0 saturated carbocycles. The Bertz CT molecular complexity index is 401. The summed E-state index contributed by atoms with van der Waals surface area (Å²) in [4.78, 5) is 12.5. The van der Waals surface area contributed by atoms with E-state index in [2.05, 4.69) is 26.8 Å². The topological polar surface area (TPSA) is 50.4 Å². The normalized spacial score (nSPS) is 22.9. The van der Waals surface area contributed by atoms with Crippen LogP contribution in [0.2, 0.25) is 0 Å². The first-order valence-corrected chi connectivity index (χ1v) is 6.46. The number of thiophene rings is 1. The third-order valence-corrected chi connectivity index (χ3v) is 3.66. The van der Waals surface area contributed by atoms with E-state index < -0.39 is 0 Å². The molecule has 1 saturated heterocycles. The first-order chi connectivity index (χ1) is 8.29. The molecule has 1 atom stereocenters. The largest absolute Gasteiger partial charge is 0.466 e. The molecule has 1 aromatic rings. The first kappa shape index (κ1) is 12.1. The Morgan fingerprint density at radius 2 is 2.47 bits per heavy atom. The summed E-state index contributed by atoms with van der Waals surface area (Å²) in [5, 5.41) is 8.77. The zero-order valence-corrected chi connectivity index (χ0v) is 10.5. The van der Waals surface area contributed by atoms with Crippen LogP contribution in [0.5, 0.6) is 0 Å². The Kier molecular flexibility index (Phi) is 4.17. The maximum absolute atomic E-state index is 11.2. The number of esters is 1. The van der Waals surface area contributed by atoms with E-state index in [0.29, 0.717) is 0 Å². The monoisotopic (exact) mass is 252 g/mol. The molecule has 2 rings (SSSR count). The third kappa shape index (κ3) is 3.31. The van der Waals surface area contributed by atoms with Crippen molar-refractivity contribution < 1.29 is 9.53 Å². The average molecular weight is 252 g/mol. The van der Waals surface area contributed by atoms with Gasteiger partial charge >= 0.3 is 5.97 Å². The molecule has 1 aliphatic heterocycles. The van der Waals surface area contributed by atoms with E-state index in [4.69, 9.17) is 0 Å². The predicted octanol–water partition coefficient (Wildman–Crippen LogP) is 1.43. The third-order valence-electron chi connectivity index (χ3n) is 2.67. The highest BCUT2D eigenvalue weighted by Gasteiger charge is 2.17. The van der Waals surface area contributed by atoms with E-state index in [0.717, 1.165) is 25.2 Å². The van der Waals surface area contributed by atoms with Gasteiger partial charge in [-0.25, -0.2) is 4.79 Å². The molecule has 1 aliphatic rings. The second-order valence-corrected chi connectivity index (χ2v) is 4.83. The van der Waals surface area contributed by atoms with Crippen LogP contribution in [-0.2, 0) is 9.53 Å². The Hall–Kier alpha value is -1.33. The lowest BCUT2D eigenvalue weighted by molar-refractivity contribution is -0.134. The predicted molar refractivity (Wildman–Crippen MR) is 67.8 cm³/mol. The molecule has 0 amide bonds. The van der Waals surface area contributed by atoms with Crippen LogP contribution in [0.15, 0.2) is 29.3 Å². The van der Waals surface area contributed by atoms with Crippen molar-refractivity contribution in [3.8, 4) is 0 Å². The van der Waals surface area contributed by atoms with Crippen LogP contribution in [0.4, 0.5) is 0 Å². The molecule has 2 heterocycles. The van der Waals surface area contributed by atoms with Crippen molar-refractivity contribution in [2.45, 2.75) is 12.5 Å². The first-order valence-electron chi connectivity index (χ1n) is 5.59. The summed E-state index contributed by atoms with van der Waals surface area (Å²) in [6.07, 6.45) is 2.32. The van der Waals surface area contributed by atoms with Crippen LogP contribution in [0.1, 0.15) is 17.3 Å². The molecule has 1 unspecified atom stereocenters. The van der Waals surface area contributed by atoms with Gasteiger partial charge in [0.05, 0.1) is 7.11 Å². The van der Waals surface area contributed by atoms with Gasteiger partial charge in [0, 0.05) is 42.2 Å². The quantitative estimate of drug-likeness (QED) is 0.617. The van der Waals surface area contributed by atoms with Crippen molar-refractivity contribution in [2.24, 2.45) is 0 Å². The highest BCUT2D eigenvalue weighted by atomic mass is 32.1. The van der Waals surface area contributed by atoms with Crippen molar-refractivity contribution in [3.05, 3.63) is 34.2 Å². The standard InChI is InChI=1S/C12H16N2O2S/c1-16-12(15)8-9-7-10(14-5-4-13-9)11-3-2-6-17-11/h2-3,6,8,10,13-14H,4-5,7H2,1H3/b9-8-. The van der Waals surface area contributed by atoms with Crippen molar-refractivity contribution in [1.82, 2.24) is 10.6 Å². The summed E-state index contributed by atoms with van der Waals surface area (Å²) >= 11 is 1.73. The lowest BCUT2D eigenvalue weighted by Gasteiger charge is -2.14. The Labute approximate surface area is 105 Å². The highest BCUT2D eigenvalue weighted by molar-refractivity contribution is 7.10. The van der Waals surface area contributed by atoms with Gasteiger partial charge in [-0.3, -0.25) is 0 Å². The van der Waals surface area contributed by atoms with Gasteiger partial charge < -0.3 is 15.4 Å². The van der Waals surface area contributed by atoms with Crippen LogP contribution >= 0.6 is 11.3 Å². The van der Waals surface area contributed by atoms with Gasteiger partial charge in [-0.15, -0.1) is 11.3 Å². The fourth-order valence-corrected chi connectivity index (χ4v) is 2.64. The molecule has 5 heteroatoms. The van der Waals surface area contributed by atoms with Crippen molar-refractivity contribution in [2.75, 3.05) is 20.2 Å². The maximum atomic E-state index is 11.2. The Morgan fingerprint density at radius 3 is 3.18 bits per heavy atom. The fraction of sp³-hybridized carbons (Fsp3) is 0.417. The van der Waals surface area contributed by atoms with Crippen LogP contribution in [0.3, 0.4) is 0 Å². The molecule has 2 N–H and O–H groups in total. The minimum Gasteiger partial charge on any atom is -0.466 e. The fourth-order valence-electron chi connectivity index (χ4n) is 1.84. The van der Waals surface area contributed by atoms with E-state index in [1.54, 1.807) is 11.3 Å². The van der Waals surface area contributed by atoms with Crippen LogP contribution < -0.4 is 10.6 Å². The summed E-state index contributed by atoms with van der Waals surface area (Å²) < 4.78 is 4.65. The molecule has 1 aromatic heterocycles. The van der Waals surface area contributed by atoms with Gasteiger partial charge in [-0.2, -0.15) is 0 Å². The molecular weight excluding hydrogens is 236 g/mol. The number of carbonyl (C=O) groups is 1. The van der Waals surface area contributed by atoms with Gasteiger partial charge in [0.1, 0.15) is 0 Å². The van der Waals surface area contributed by atoms with Gasteiger partial charge in [0.2, 0.25) is 0 Å². The molecule has 17 heavy (non-hydrogen) atoms. The number of carbonyl (C=O) groups excluding carboxylic acids is 1. The van der Waals surface area contributed by atoms with Crippen molar-refractivity contribution >= 4 is 17.3 Å². The number of ether oxygens (including phenoxy) is 1. The van der Waals surface area contributed by atoms with Gasteiger partial charge in [0.25, 0.3) is 0 Å². The average Bonchev–Trinajstić information content (AvgIpc) is 2.77. The minimum atomic E-state index is -0.306. The van der Waals surface area contributed by atoms with Gasteiger partial charge in [-0.05, 0) is 11.4 Å². The molecule has 92 valence electrons. The van der Waals surface area contributed by atoms with E-state index in [1.807, 2.05) is 6.07 Å². The summed E-state index contributed by atoms with van der Waals surface area (Å²) in [5.41, 5.74) is 0.931. The second-order valence-electron chi connectivity index (χ2n) is 3.85. The molecule has 0 bridgehead atoms. The minimum absolute atomic E-state index is 0.279. The SMILES string of the molecule is COC(=O)/C=C1/CC(c2cccs2)NCCN1. The number of rotatable bonds is 2. The Morgan fingerprint density at radius 1 is 1.59 bits per heavy atom. The van der Waals surface area contributed by atoms with E-state index in [1.165, 1.54) is 18.1 Å². The molecule has 0 radical (unpaired) electrons. The number of hydrogen-bond acceptors (Lipinski definition) is 5. The molecule has 0 aliphatic carbocycles. The second kappa shape index (κ2) is 5.84. The summed E-state index contributed by atoms with van der Waals surface area (Å²) in [6.45, 7) is 1.71. The molecular formula is C12H16N2O2S. The van der Waals surface area contributed by atoms with Crippen LogP contribution in [-0.4, -0.2) is 26.2 Å². The zero-order chi connectivity index (χ0) is 12.1. The number of methoxy groups -OCH3 is 1. The molecule has 4 nitrogen and oxygen atoms in total. The lowest BCUT2D eigenvalue weighted by Crippen LogP contribution is -2.23. The van der Waals surface area contributed by atoms with E-state index >= 15 is 0 Å². The van der Waals surface area contributed by atoms with Crippen LogP contribution in [0, 0.1) is 0 Å². The molecule has 0 aromatic carbocycles. The maximum Gasteiger partial charge on any atom is 0.332 e.